The van der Waals surface area contributed by atoms with Crippen molar-refractivity contribution in [2.75, 3.05) is 70.0 Å². The number of aryl methyl sites for hydroxylation is 1. The molecule has 1 aliphatic carbocycles. The number of imidazole rings is 2. The lowest BCUT2D eigenvalue weighted by atomic mass is 10.1. The Hall–Kier alpha value is -6.81. The predicted octanol–water partition coefficient (Wildman–Crippen LogP) is 2.21. The molecule has 1 aromatic carbocycles. The highest BCUT2D eigenvalue weighted by molar-refractivity contribution is 6.00. The van der Waals surface area contributed by atoms with Crippen LogP contribution in [0.2, 0.25) is 0 Å². The first kappa shape index (κ1) is 43.8. The lowest BCUT2D eigenvalue weighted by Crippen LogP contribution is -2.44. The van der Waals surface area contributed by atoms with Gasteiger partial charge in [-0.3, -0.25) is 38.2 Å². The normalized spacial score (nSPS) is 17.2. The Morgan fingerprint density at radius 2 is 1.62 bits per heavy atom. The molecule has 64 heavy (non-hydrogen) atoms. The number of carbonyl (C=O) groups is 3. The van der Waals surface area contributed by atoms with Gasteiger partial charge in [-0.05, 0) is 54.8 Å². The predicted molar refractivity (Wildman–Crippen MR) is 231 cm³/mol. The molecule has 6 heterocycles. The second-order valence-electron chi connectivity index (χ2n) is 15.2. The van der Waals surface area contributed by atoms with Gasteiger partial charge in [0.05, 0.1) is 81.8 Å². The average Bonchev–Trinajstić information content (AvgIpc) is 3.70. The molecular weight excluding hydrogens is 834 g/mol. The van der Waals surface area contributed by atoms with Crippen LogP contribution in [0.15, 0.2) is 82.8 Å². The van der Waals surface area contributed by atoms with Gasteiger partial charge in [-0.15, -0.1) is 5.10 Å². The first-order chi connectivity index (χ1) is 31.2. The number of halogens is 1. The van der Waals surface area contributed by atoms with Gasteiger partial charge in [-0.25, -0.2) is 23.7 Å². The molecule has 0 spiro atoms. The summed E-state index contributed by atoms with van der Waals surface area (Å²) in [6.07, 6.45) is 4.83. The van der Waals surface area contributed by atoms with Gasteiger partial charge in [0, 0.05) is 44.9 Å². The maximum atomic E-state index is 13.6. The van der Waals surface area contributed by atoms with Crippen molar-refractivity contribution >= 4 is 51.6 Å². The number of amides is 3. The Balaban J connectivity index is 0.740. The van der Waals surface area contributed by atoms with E-state index in [1.165, 1.54) is 24.4 Å². The molecule has 2 fully saturated rings. The van der Waals surface area contributed by atoms with Crippen molar-refractivity contribution < 1.29 is 37.7 Å². The van der Waals surface area contributed by atoms with E-state index in [1.54, 1.807) is 55.8 Å². The Morgan fingerprint density at radius 1 is 0.875 bits per heavy atom. The Kier molecular flexibility index (Phi) is 13.8. The van der Waals surface area contributed by atoms with Gasteiger partial charge in [0.15, 0.2) is 17.2 Å². The molecule has 1 saturated heterocycles. The third kappa shape index (κ3) is 10.2. The van der Waals surface area contributed by atoms with E-state index < -0.39 is 30.1 Å². The fraction of sp³-hybridized carbons (Fsp3) is 0.395. The van der Waals surface area contributed by atoms with E-state index in [4.69, 9.17) is 18.9 Å². The number of pyridine rings is 2. The molecular formula is C43H48FN11O9. The number of fused-ring (bicyclic) bond motifs is 2. The van der Waals surface area contributed by atoms with E-state index in [1.807, 2.05) is 18.2 Å². The van der Waals surface area contributed by atoms with Crippen molar-refractivity contribution in [2.45, 2.75) is 43.9 Å². The summed E-state index contributed by atoms with van der Waals surface area (Å²) in [5.74, 6) is -0.616. The van der Waals surface area contributed by atoms with E-state index in [0.717, 1.165) is 5.56 Å². The second-order valence-corrected chi connectivity index (χ2v) is 15.2. The van der Waals surface area contributed by atoms with E-state index in [9.17, 15) is 28.4 Å². The second kappa shape index (κ2) is 20.1. The maximum Gasteiger partial charge on any atom is 0.329 e. The highest BCUT2D eigenvalue weighted by Gasteiger charge is 2.39. The van der Waals surface area contributed by atoms with Gasteiger partial charge in [0.1, 0.15) is 23.7 Å². The van der Waals surface area contributed by atoms with Crippen molar-refractivity contribution in [3.05, 3.63) is 105 Å². The minimum atomic E-state index is -1.08. The van der Waals surface area contributed by atoms with Crippen molar-refractivity contribution in [1.29, 1.82) is 0 Å². The molecule has 1 aliphatic heterocycles. The van der Waals surface area contributed by atoms with E-state index in [0.29, 0.717) is 94.0 Å². The largest absolute Gasteiger partial charge is 0.380 e. The number of carbonyl (C=O) groups excluding carboxylic acids is 3. The standard InChI is InChI=1S/C43H48FN11O9/c1-52-34-23-27(7-8-32(34)54(43(52)60)33-9-10-38(56)50-40(33)57)11-15-61-17-19-63-21-22-64-20-18-62-16-13-45-31-25-36(48-29-5-4-14-53(42(29)59)37-6-2-3-12-46-37)51-55-35(26-47-39(31)55)41(58)49-30-24-28(30)44/h2-8,12,14,23,25-26,28,30,33,45H,9-11,13,15-22,24H2,1H3,(H,48,51)(H,49,58)(H,50,56,57)/t28-,30?,33?/m0/s1. The molecule has 1 saturated carbocycles. The number of hydrogen-bond donors (Lipinski definition) is 4. The first-order valence-corrected chi connectivity index (χ1v) is 21.0. The Labute approximate surface area is 364 Å². The van der Waals surface area contributed by atoms with Gasteiger partial charge in [-0.2, -0.15) is 0 Å². The summed E-state index contributed by atoms with van der Waals surface area (Å²) in [6.45, 7) is 3.38. The van der Waals surface area contributed by atoms with Crippen LogP contribution in [0.25, 0.3) is 22.5 Å². The number of piperidine rings is 1. The number of anilines is 3. The molecule has 0 bridgehead atoms. The molecule has 4 N–H and O–H groups in total. The zero-order valence-electron chi connectivity index (χ0n) is 35.0. The zero-order valence-corrected chi connectivity index (χ0v) is 35.0. The summed E-state index contributed by atoms with van der Waals surface area (Å²) < 4.78 is 42.1. The van der Waals surface area contributed by atoms with Crippen molar-refractivity contribution in [1.82, 2.24) is 43.9 Å². The van der Waals surface area contributed by atoms with Gasteiger partial charge >= 0.3 is 5.69 Å². The quantitative estimate of drug-likeness (QED) is 0.0567. The van der Waals surface area contributed by atoms with Gasteiger partial charge in [0.2, 0.25) is 11.8 Å². The topological polar surface area (TPSA) is 228 Å². The van der Waals surface area contributed by atoms with Crippen molar-refractivity contribution in [3.8, 4) is 5.82 Å². The number of nitrogens with one attached hydrogen (secondary N) is 4. The number of rotatable bonds is 22. The summed E-state index contributed by atoms with van der Waals surface area (Å²) >= 11 is 0. The van der Waals surface area contributed by atoms with E-state index in [2.05, 4.69) is 36.3 Å². The molecule has 20 nitrogen and oxygen atoms in total. The highest BCUT2D eigenvalue weighted by Crippen LogP contribution is 2.27. The molecule has 336 valence electrons. The molecule has 3 atom stereocenters. The summed E-state index contributed by atoms with van der Waals surface area (Å²) in [6, 6.07) is 14.6. The molecule has 2 unspecified atom stereocenters. The van der Waals surface area contributed by atoms with Crippen LogP contribution in [-0.4, -0.2) is 123 Å². The Bertz CT molecular complexity index is 2750. The summed E-state index contributed by atoms with van der Waals surface area (Å²) in [5.41, 5.74) is 2.84. The lowest BCUT2D eigenvalue weighted by molar-refractivity contribution is -0.135. The number of nitrogens with zero attached hydrogens (tertiary/aromatic N) is 7. The Morgan fingerprint density at radius 3 is 2.34 bits per heavy atom. The maximum absolute atomic E-state index is 13.6. The van der Waals surface area contributed by atoms with Crippen LogP contribution < -0.4 is 32.5 Å². The third-order valence-corrected chi connectivity index (χ3v) is 10.7. The van der Waals surface area contributed by atoms with E-state index in [-0.39, 0.29) is 53.6 Å². The van der Waals surface area contributed by atoms with Crippen molar-refractivity contribution in [3.63, 3.8) is 0 Å². The number of hydrogen-bond acceptors (Lipinski definition) is 14. The fourth-order valence-electron chi connectivity index (χ4n) is 7.28. The highest BCUT2D eigenvalue weighted by atomic mass is 19.1. The summed E-state index contributed by atoms with van der Waals surface area (Å²) in [5, 5.41) is 15.9. The number of imide groups is 1. The minimum Gasteiger partial charge on any atom is -0.380 e. The third-order valence-electron chi connectivity index (χ3n) is 10.7. The molecule has 2 aliphatic rings. The number of benzene rings is 1. The van der Waals surface area contributed by atoms with Gasteiger partial charge in [-0.1, -0.05) is 12.1 Å². The molecule has 5 aromatic heterocycles. The van der Waals surface area contributed by atoms with E-state index >= 15 is 0 Å². The molecule has 21 heteroatoms. The SMILES string of the molecule is Cn1c(=O)n(C2CCC(=O)NC2=O)c2ccc(CCOCCOCCOCCOCCNc3cc(Nc4cccn(-c5ccccn5)c4=O)nn4c(C(=O)NC5C[C@@H]5F)cnc34)cc21. The smallest absolute Gasteiger partial charge is 0.329 e. The fourth-order valence-corrected chi connectivity index (χ4v) is 7.28. The number of alkyl halides is 1. The van der Waals surface area contributed by atoms with Crippen LogP contribution in [0.1, 0.15) is 41.4 Å². The first-order valence-electron chi connectivity index (χ1n) is 21.0. The van der Waals surface area contributed by atoms with Crippen LogP contribution in [0.5, 0.6) is 0 Å². The minimum absolute atomic E-state index is 0.105. The number of aromatic nitrogens is 7. The molecule has 3 amide bonds. The summed E-state index contributed by atoms with van der Waals surface area (Å²) in [7, 11) is 1.67. The van der Waals surface area contributed by atoms with Gasteiger partial charge < -0.3 is 34.9 Å². The monoisotopic (exact) mass is 881 g/mol. The lowest BCUT2D eigenvalue weighted by Gasteiger charge is -2.21. The van der Waals surface area contributed by atoms with Crippen molar-refractivity contribution in [2.24, 2.45) is 7.05 Å². The van der Waals surface area contributed by atoms with Crippen LogP contribution in [0.4, 0.5) is 21.6 Å². The molecule has 8 rings (SSSR count). The number of ether oxygens (including phenoxy) is 4. The van der Waals surface area contributed by atoms with Crippen LogP contribution in [0, 0.1) is 0 Å². The average molecular weight is 882 g/mol. The van der Waals surface area contributed by atoms with Crippen LogP contribution in [-0.2, 0) is 42.0 Å². The molecule has 0 radical (unpaired) electrons. The van der Waals surface area contributed by atoms with Gasteiger partial charge in [0.25, 0.3) is 11.5 Å². The zero-order chi connectivity index (χ0) is 44.6. The molecule has 6 aromatic rings. The van der Waals surface area contributed by atoms with Crippen LogP contribution >= 0.6 is 0 Å². The van der Waals surface area contributed by atoms with Crippen LogP contribution in [0.3, 0.4) is 0 Å². The summed E-state index contributed by atoms with van der Waals surface area (Å²) in [4.78, 5) is 72.2.